The number of carbonyl (C=O) groups excluding carboxylic acids is 3. The molecule has 1 amide bonds. The number of hydrogen-bond donors (Lipinski definition) is 1. The number of rotatable bonds is 7. The van der Waals surface area contributed by atoms with E-state index in [1.54, 1.807) is 0 Å². The summed E-state index contributed by atoms with van der Waals surface area (Å²) in [5.41, 5.74) is -0.529. The maximum absolute atomic E-state index is 13.3. The van der Waals surface area contributed by atoms with Crippen molar-refractivity contribution in [3.05, 3.63) is 104 Å². The van der Waals surface area contributed by atoms with Crippen LogP contribution >= 0.6 is 11.6 Å². The first-order valence-electron chi connectivity index (χ1n) is 9.52. The van der Waals surface area contributed by atoms with Crippen LogP contribution in [0.15, 0.2) is 66.7 Å². The van der Waals surface area contributed by atoms with Gasteiger partial charge in [0.1, 0.15) is 10.8 Å². The number of benzene rings is 3. The topological polar surface area (TPSA) is 116 Å². The highest BCUT2D eigenvalue weighted by Crippen LogP contribution is 2.27. The molecule has 3 rings (SSSR count). The van der Waals surface area contributed by atoms with Gasteiger partial charge in [-0.2, -0.15) is 0 Å². The zero-order chi connectivity index (χ0) is 24.1. The van der Waals surface area contributed by atoms with Gasteiger partial charge in [0.2, 0.25) is 0 Å². The number of anilines is 1. The van der Waals surface area contributed by atoms with Crippen LogP contribution in [-0.2, 0) is 9.53 Å². The van der Waals surface area contributed by atoms with Crippen LogP contribution in [0.2, 0.25) is 5.02 Å². The molecule has 0 heterocycles. The molecule has 168 valence electrons. The minimum absolute atomic E-state index is 0.0526. The van der Waals surface area contributed by atoms with Crippen LogP contribution in [0.25, 0.3) is 0 Å². The van der Waals surface area contributed by atoms with E-state index >= 15 is 0 Å². The Morgan fingerprint density at radius 2 is 1.73 bits per heavy atom. The van der Waals surface area contributed by atoms with Crippen molar-refractivity contribution < 1.29 is 28.4 Å². The van der Waals surface area contributed by atoms with Gasteiger partial charge in [-0.25, -0.2) is 9.18 Å². The molecule has 0 aliphatic heterocycles. The first-order valence-corrected chi connectivity index (χ1v) is 9.90. The maximum atomic E-state index is 13.3. The molecule has 3 aromatic rings. The Balaban J connectivity index is 1.80. The fourth-order valence-corrected chi connectivity index (χ4v) is 3.08. The van der Waals surface area contributed by atoms with E-state index in [9.17, 15) is 28.9 Å². The largest absolute Gasteiger partial charge is 0.449 e. The minimum atomic E-state index is -1.26. The molecule has 0 spiro atoms. The van der Waals surface area contributed by atoms with Crippen LogP contribution in [0.4, 0.5) is 15.8 Å². The molecule has 10 heteroatoms. The van der Waals surface area contributed by atoms with Crippen LogP contribution < -0.4 is 5.32 Å². The fourth-order valence-electron chi connectivity index (χ4n) is 2.90. The van der Waals surface area contributed by atoms with Crippen LogP contribution in [-0.4, -0.2) is 28.7 Å². The predicted molar refractivity (Wildman–Crippen MR) is 118 cm³/mol. The molecule has 0 saturated heterocycles. The number of nitro groups is 1. The first kappa shape index (κ1) is 23.6. The van der Waals surface area contributed by atoms with Gasteiger partial charge < -0.3 is 10.1 Å². The van der Waals surface area contributed by atoms with Gasteiger partial charge in [0, 0.05) is 22.9 Å². The van der Waals surface area contributed by atoms with Crippen LogP contribution in [0.5, 0.6) is 0 Å². The predicted octanol–water partition coefficient (Wildman–Crippen LogP) is 4.80. The molecule has 1 atom stereocenters. The molecule has 0 bridgehead atoms. The second-order valence-electron chi connectivity index (χ2n) is 6.85. The lowest BCUT2D eigenvalue weighted by Gasteiger charge is -2.15. The highest BCUT2D eigenvalue weighted by molar-refractivity contribution is 6.33. The Bertz CT molecular complexity index is 1260. The number of halogens is 2. The van der Waals surface area contributed by atoms with Gasteiger partial charge >= 0.3 is 5.97 Å². The first-order chi connectivity index (χ1) is 15.7. The molecule has 1 unspecified atom stereocenters. The number of nitro benzene ring substituents is 1. The number of nitrogens with one attached hydrogen (secondary N) is 1. The number of ether oxygens (including phenoxy) is 1. The summed E-state index contributed by atoms with van der Waals surface area (Å²) in [6.07, 6.45) is -1.26. The summed E-state index contributed by atoms with van der Waals surface area (Å²) in [4.78, 5) is 48.4. The third-order valence-electron chi connectivity index (χ3n) is 4.54. The number of hydrogen-bond acceptors (Lipinski definition) is 6. The van der Waals surface area contributed by atoms with E-state index in [-0.39, 0.29) is 27.4 Å². The van der Waals surface area contributed by atoms with Gasteiger partial charge in [0.15, 0.2) is 11.9 Å². The highest BCUT2D eigenvalue weighted by atomic mass is 35.5. The molecule has 0 aliphatic carbocycles. The molecule has 1 N–H and O–H groups in total. The number of ketones is 1. The van der Waals surface area contributed by atoms with Crippen LogP contribution in [0.3, 0.4) is 0 Å². The summed E-state index contributed by atoms with van der Waals surface area (Å²) in [7, 11) is 0. The maximum Gasteiger partial charge on any atom is 0.339 e. The van der Waals surface area contributed by atoms with Crippen LogP contribution in [0, 0.1) is 15.9 Å². The Morgan fingerprint density at radius 1 is 1.03 bits per heavy atom. The average molecular weight is 471 g/mol. The van der Waals surface area contributed by atoms with Crippen molar-refractivity contribution in [1.29, 1.82) is 0 Å². The monoisotopic (exact) mass is 470 g/mol. The van der Waals surface area contributed by atoms with Gasteiger partial charge in [-0.15, -0.1) is 0 Å². The van der Waals surface area contributed by atoms with Crippen molar-refractivity contribution >= 4 is 40.6 Å². The lowest BCUT2D eigenvalue weighted by molar-refractivity contribution is -0.384. The van der Waals surface area contributed by atoms with Gasteiger partial charge in [-0.3, -0.25) is 19.7 Å². The fraction of sp³-hybridized carbons (Fsp3) is 0.0870. The standard InChI is InChI=1S/C23H16ClFN2O6/c1-13(22(29)26-16-6-4-5-15(25)12-16)33-23(30)18-8-3-2-7-17(18)21(28)14-9-10-19(24)20(11-14)27(31)32/h2-13H,1H3,(H,26,29). The molecule has 0 saturated carbocycles. The number of esters is 1. The lowest BCUT2D eigenvalue weighted by Crippen LogP contribution is -2.30. The summed E-state index contributed by atoms with van der Waals surface area (Å²) in [5, 5.41) is 13.4. The Morgan fingerprint density at radius 3 is 2.39 bits per heavy atom. The molecule has 0 aromatic heterocycles. The molecule has 3 aromatic carbocycles. The summed E-state index contributed by atoms with van der Waals surface area (Å²) in [6, 6.07) is 14.4. The number of nitrogens with zero attached hydrogens (tertiary/aromatic N) is 1. The van der Waals surface area contributed by atoms with Crippen molar-refractivity contribution in [2.75, 3.05) is 5.32 Å². The summed E-state index contributed by atoms with van der Waals surface area (Å²) in [6.45, 7) is 1.32. The normalized spacial score (nSPS) is 11.4. The average Bonchev–Trinajstić information content (AvgIpc) is 2.78. The third-order valence-corrected chi connectivity index (χ3v) is 4.86. The smallest absolute Gasteiger partial charge is 0.339 e. The van der Waals surface area contributed by atoms with Crippen molar-refractivity contribution in [1.82, 2.24) is 0 Å². The van der Waals surface area contributed by atoms with E-state index < -0.39 is 40.2 Å². The lowest BCUT2D eigenvalue weighted by atomic mass is 9.98. The molecular formula is C23H16ClFN2O6. The van der Waals surface area contributed by atoms with Crippen molar-refractivity contribution in [2.24, 2.45) is 0 Å². The Kier molecular flexibility index (Phi) is 7.14. The van der Waals surface area contributed by atoms with E-state index in [4.69, 9.17) is 16.3 Å². The Hall–Kier alpha value is -4.11. The molecule has 33 heavy (non-hydrogen) atoms. The summed E-state index contributed by atoms with van der Waals surface area (Å²) in [5.74, 6) is -2.87. The van der Waals surface area contributed by atoms with Crippen molar-refractivity contribution in [2.45, 2.75) is 13.0 Å². The second-order valence-corrected chi connectivity index (χ2v) is 7.25. The van der Waals surface area contributed by atoms with Crippen molar-refractivity contribution in [3.8, 4) is 0 Å². The molecule has 0 fully saturated rings. The summed E-state index contributed by atoms with van der Waals surface area (Å²) >= 11 is 5.79. The van der Waals surface area contributed by atoms with Gasteiger partial charge in [-0.1, -0.05) is 35.9 Å². The zero-order valence-corrected chi connectivity index (χ0v) is 17.8. The van der Waals surface area contributed by atoms with E-state index in [2.05, 4.69) is 5.32 Å². The minimum Gasteiger partial charge on any atom is -0.449 e. The van der Waals surface area contributed by atoms with Crippen molar-refractivity contribution in [3.63, 3.8) is 0 Å². The van der Waals surface area contributed by atoms with E-state index in [1.807, 2.05) is 0 Å². The SMILES string of the molecule is CC(OC(=O)c1ccccc1C(=O)c1ccc(Cl)c([N+](=O)[O-])c1)C(=O)Nc1cccc(F)c1. The Labute approximate surface area is 192 Å². The van der Waals surface area contributed by atoms with Crippen LogP contribution in [0.1, 0.15) is 33.2 Å². The van der Waals surface area contributed by atoms with E-state index in [0.29, 0.717) is 0 Å². The second kappa shape index (κ2) is 10.0. The molecule has 0 aliphatic rings. The molecular weight excluding hydrogens is 455 g/mol. The van der Waals surface area contributed by atoms with Gasteiger partial charge in [0.25, 0.3) is 11.6 Å². The number of carbonyl (C=O) groups is 3. The van der Waals surface area contributed by atoms with Gasteiger partial charge in [0.05, 0.1) is 10.5 Å². The zero-order valence-electron chi connectivity index (χ0n) is 17.1. The van der Waals surface area contributed by atoms with E-state index in [1.165, 1.54) is 61.5 Å². The van der Waals surface area contributed by atoms with E-state index in [0.717, 1.165) is 12.1 Å². The van der Waals surface area contributed by atoms with Gasteiger partial charge in [-0.05, 0) is 43.3 Å². The summed E-state index contributed by atoms with van der Waals surface area (Å²) < 4.78 is 18.5. The quantitative estimate of drug-likeness (QED) is 0.229. The molecule has 0 radical (unpaired) electrons. The highest BCUT2D eigenvalue weighted by Gasteiger charge is 2.25. The molecule has 8 nitrogen and oxygen atoms in total. The third kappa shape index (κ3) is 5.58. The number of amides is 1.